The van der Waals surface area contributed by atoms with E-state index in [1.807, 2.05) is 4.57 Å². The van der Waals surface area contributed by atoms with Gasteiger partial charge in [0, 0.05) is 30.0 Å². The number of halogens is 3. The fraction of sp³-hybridized carbons (Fsp3) is 0.476. The van der Waals surface area contributed by atoms with Crippen LogP contribution >= 0.6 is 11.8 Å². The smallest absolute Gasteiger partial charge is 0.224 e. The summed E-state index contributed by atoms with van der Waals surface area (Å²) in [5.74, 6) is -0.570. The van der Waals surface area contributed by atoms with Crippen LogP contribution in [0.2, 0.25) is 0 Å². The maximum absolute atomic E-state index is 14.3. The molecule has 3 N–H and O–H groups in total. The highest BCUT2D eigenvalue weighted by molar-refractivity contribution is 7.99. The molecule has 3 heterocycles. The van der Waals surface area contributed by atoms with Gasteiger partial charge in [-0.1, -0.05) is 0 Å². The first-order valence-electron chi connectivity index (χ1n) is 10.7. The van der Waals surface area contributed by atoms with Crippen molar-refractivity contribution in [3.63, 3.8) is 0 Å². The summed E-state index contributed by atoms with van der Waals surface area (Å²) in [6.07, 6.45) is 5.34. The molecule has 2 aliphatic rings. The number of thioether (sulfide) groups is 1. The third-order valence-corrected chi connectivity index (χ3v) is 7.12. The SMILES string of the molecule is OC1CCC(Nc2ncc3nc(Nc4c(F)cc(F)cc4F)n([C@@H]4CCSC4)c3n2)CC1. The number of nitrogens with zero attached hydrogens (tertiary/aromatic N) is 4. The van der Waals surface area contributed by atoms with Gasteiger partial charge in [-0.3, -0.25) is 4.57 Å². The van der Waals surface area contributed by atoms with Gasteiger partial charge in [0.05, 0.1) is 12.3 Å². The molecule has 1 saturated carbocycles. The zero-order valence-electron chi connectivity index (χ0n) is 17.2. The zero-order valence-corrected chi connectivity index (χ0v) is 18.0. The molecule has 2 aromatic heterocycles. The molecule has 2 fully saturated rings. The predicted octanol–water partition coefficient (Wildman–Crippen LogP) is 4.38. The van der Waals surface area contributed by atoms with Crippen LogP contribution in [0.15, 0.2) is 18.3 Å². The number of aliphatic hydroxyl groups excluding tert-OH is 1. The van der Waals surface area contributed by atoms with Crippen molar-refractivity contribution in [2.45, 2.75) is 50.3 Å². The van der Waals surface area contributed by atoms with E-state index >= 15 is 0 Å². The number of hydrogen-bond donors (Lipinski definition) is 3. The minimum atomic E-state index is -1.03. The van der Waals surface area contributed by atoms with Gasteiger partial charge in [0.2, 0.25) is 11.9 Å². The Morgan fingerprint density at radius 3 is 2.47 bits per heavy atom. The van der Waals surface area contributed by atoms with E-state index < -0.39 is 23.1 Å². The normalized spacial score (nSPS) is 23.6. The predicted molar refractivity (Wildman–Crippen MR) is 118 cm³/mol. The minimum absolute atomic E-state index is 0.0478. The molecule has 1 aliphatic carbocycles. The van der Waals surface area contributed by atoms with Crippen molar-refractivity contribution < 1.29 is 18.3 Å². The van der Waals surface area contributed by atoms with Crippen LogP contribution in [0.4, 0.5) is 30.8 Å². The van der Waals surface area contributed by atoms with E-state index in [0.29, 0.717) is 29.2 Å². The van der Waals surface area contributed by atoms with Gasteiger partial charge in [-0.2, -0.15) is 16.7 Å². The Hall–Kier alpha value is -2.53. The highest BCUT2D eigenvalue weighted by Crippen LogP contribution is 2.35. The lowest BCUT2D eigenvalue weighted by atomic mass is 9.93. The molecule has 3 aromatic rings. The second-order valence-electron chi connectivity index (χ2n) is 8.24. The fourth-order valence-electron chi connectivity index (χ4n) is 4.30. The number of rotatable bonds is 5. The van der Waals surface area contributed by atoms with Crippen molar-refractivity contribution >= 4 is 40.5 Å². The first-order valence-corrected chi connectivity index (χ1v) is 11.8. The molecule has 1 aromatic carbocycles. The minimum Gasteiger partial charge on any atom is -0.393 e. The Balaban J connectivity index is 1.51. The molecular weight excluding hydrogens is 441 g/mol. The Kier molecular flexibility index (Phi) is 5.85. The van der Waals surface area contributed by atoms with Crippen LogP contribution in [0.5, 0.6) is 0 Å². The first-order chi connectivity index (χ1) is 15.5. The summed E-state index contributed by atoms with van der Waals surface area (Å²) in [6.45, 7) is 0. The van der Waals surface area contributed by atoms with Crippen LogP contribution in [0.25, 0.3) is 11.2 Å². The van der Waals surface area contributed by atoms with Gasteiger partial charge in [0.25, 0.3) is 0 Å². The molecule has 5 rings (SSSR count). The Morgan fingerprint density at radius 1 is 1.03 bits per heavy atom. The van der Waals surface area contributed by atoms with Crippen LogP contribution < -0.4 is 10.6 Å². The van der Waals surface area contributed by atoms with E-state index in [4.69, 9.17) is 0 Å². The first kappa shape index (κ1) is 21.3. The number of imidazole rings is 1. The molecule has 32 heavy (non-hydrogen) atoms. The number of fused-ring (bicyclic) bond motifs is 1. The van der Waals surface area contributed by atoms with E-state index in [1.165, 1.54) is 0 Å². The topological polar surface area (TPSA) is 87.9 Å². The van der Waals surface area contributed by atoms with Gasteiger partial charge in [0.1, 0.15) is 17.0 Å². The Morgan fingerprint density at radius 2 is 1.78 bits per heavy atom. The van der Waals surface area contributed by atoms with Gasteiger partial charge in [-0.25, -0.2) is 23.1 Å². The van der Waals surface area contributed by atoms with Crippen LogP contribution in [0.3, 0.4) is 0 Å². The molecule has 0 bridgehead atoms. The monoisotopic (exact) mass is 464 g/mol. The average molecular weight is 465 g/mol. The molecule has 1 saturated heterocycles. The standard InChI is InChI=1S/C21H23F3N6OS/c22-11-7-15(23)18(16(24)8-11)28-21-27-17-9-25-20(26-12-1-3-14(31)4-2-12)29-19(17)30(21)13-5-6-32-10-13/h7-9,12-14,31H,1-6,10H2,(H,27,28)(H,25,26,29)/t12?,13-,14?/m1/s1. The van der Waals surface area contributed by atoms with Crippen LogP contribution in [0, 0.1) is 17.5 Å². The lowest BCUT2D eigenvalue weighted by Gasteiger charge is -2.26. The maximum Gasteiger partial charge on any atom is 0.224 e. The molecule has 0 radical (unpaired) electrons. The second-order valence-corrected chi connectivity index (χ2v) is 9.39. The Bertz CT molecular complexity index is 1110. The lowest BCUT2D eigenvalue weighted by Crippen LogP contribution is -2.29. The van der Waals surface area contributed by atoms with E-state index in [-0.39, 0.29) is 24.1 Å². The molecule has 0 spiro atoms. The summed E-state index contributed by atoms with van der Waals surface area (Å²) in [5, 5.41) is 15.8. The van der Waals surface area contributed by atoms with E-state index in [9.17, 15) is 18.3 Å². The van der Waals surface area contributed by atoms with Crippen LogP contribution in [-0.2, 0) is 0 Å². The van der Waals surface area contributed by atoms with Crippen molar-refractivity contribution in [3.8, 4) is 0 Å². The van der Waals surface area contributed by atoms with Crippen molar-refractivity contribution in [3.05, 3.63) is 35.8 Å². The highest BCUT2D eigenvalue weighted by atomic mass is 32.2. The van der Waals surface area contributed by atoms with Gasteiger partial charge < -0.3 is 15.7 Å². The second kappa shape index (κ2) is 8.78. The molecule has 1 aliphatic heterocycles. The van der Waals surface area contributed by atoms with E-state index in [2.05, 4.69) is 25.6 Å². The van der Waals surface area contributed by atoms with Gasteiger partial charge in [-0.05, 0) is 37.9 Å². The summed E-state index contributed by atoms with van der Waals surface area (Å²) in [5.41, 5.74) is 0.605. The lowest BCUT2D eigenvalue weighted by molar-refractivity contribution is 0.126. The molecule has 0 amide bonds. The summed E-state index contributed by atoms with van der Waals surface area (Å²) >= 11 is 1.79. The van der Waals surface area contributed by atoms with Crippen LogP contribution in [0.1, 0.15) is 38.1 Å². The number of aliphatic hydroxyl groups is 1. The van der Waals surface area contributed by atoms with Gasteiger partial charge >= 0.3 is 0 Å². The van der Waals surface area contributed by atoms with Gasteiger partial charge in [-0.15, -0.1) is 0 Å². The third kappa shape index (κ3) is 4.23. The molecular formula is C21H23F3N6OS. The Labute approximate surface area is 186 Å². The molecule has 7 nitrogen and oxygen atoms in total. The number of aromatic nitrogens is 4. The van der Waals surface area contributed by atoms with Crippen molar-refractivity contribution in [1.82, 2.24) is 19.5 Å². The van der Waals surface area contributed by atoms with Crippen molar-refractivity contribution in [1.29, 1.82) is 0 Å². The van der Waals surface area contributed by atoms with E-state index in [1.54, 1.807) is 18.0 Å². The van der Waals surface area contributed by atoms with E-state index in [0.717, 1.165) is 43.6 Å². The number of nitrogens with one attached hydrogen (secondary N) is 2. The van der Waals surface area contributed by atoms with Crippen molar-refractivity contribution in [2.75, 3.05) is 22.1 Å². The summed E-state index contributed by atoms with van der Waals surface area (Å²) < 4.78 is 43.7. The molecule has 0 unspecified atom stereocenters. The average Bonchev–Trinajstić information content (AvgIpc) is 3.39. The number of anilines is 3. The van der Waals surface area contributed by atoms with Crippen molar-refractivity contribution in [2.24, 2.45) is 0 Å². The van der Waals surface area contributed by atoms with Gasteiger partial charge in [0.15, 0.2) is 17.3 Å². The highest BCUT2D eigenvalue weighted by Gasteiger charge is 2.26. The quantitative estimate of drug-likeness (QED) is 0.516. The fourth-order valence-corrected chi connectivity index (χ4v) is 5.49. The molecule has 170 valence electrons. The maximum atomic E-state index is 14.3. The van der Waals surface area contributed by atoms with Crippen LogP contribution in [-0.4, -0.2) is 48.3 Å². The summed E-state index contributed by atoms with van der Waals surface area (Å²) in [4.78, 5) is 13.5. The largest absolute Gasteiger partial charge is 0.393 e. The zero-order chi connectivity index (χ0) is 22.2. The number of benzene rings is 1. The molecule has 11 heteroatoms. The molecule has 1 atom stereocenters. The third-order valence-electron chi connectivity index (χ3n) is 5.98. The summed E-state index contributed by atoms with van der Waals surface area (Å²) in [7, 11) is 0. The summed E-state index contributed by atoms with van der Waals surface area (Å²) in [6, 6.07) is 1.49. The number of hydrogen-bond acceptors (Lipinski definition) is 7.